The minimum Gasteiger partial charge on any atom is -0.464 e. The van der Waals surface area contributed by atoms with E-state index in [0.29, 0.717) is 60.4 Å². The highest BCUT2D eigenvalue weighted by Crippen LogP contribution is 2.43. The van der Waals surface area contributed by atoms with Crippen LogP contribution in [0.4, 0.5) is 4.79 Å². The molecule has 0 radical (unpaired) electrons. The smallest absolute Gasteiger partial charge is 0.323 e. The summed E-state index contributed by atoms with van der Waals surface area (Å²) in [5, 5.41) is 7.13. The fraction of sp³-hybridized carbons (Fsp3) is 0.566. The van der Waals surface area contributed by atoms with Crippen LogP contribution < -0.4 is 10.7 Å². The lowest BCUT2D eigenvalue weighted by atomic mass is 9.84. The predicted molar refractivity (Wildman–Crippen MR) is 281 cm³/mol. The molecule has 2 N–H and O–H groups in total. The number of rotatable bonds is 11. The van der Waals surface area contributed by atoms with Gasteiger partial charge in [-0.05, 0) is 101 Å². The van der Waals surface area contributed by atoms with Gasteiger partial charge in [-0.2, -0.15) is 0 Å². The van der Waals surface area contributed by atoms with Crippen LogP contribution in [0.2, 0.25) is 0 Å². The van der Waals surface area contributed by atoms with Crippen LogP contribution >= 0.6 is 11.3 Å². The number of likely N-dealkylation sites (N-methyl/N-ethyl adjacent to an activating group) is 2. The number of cyclic esters (lactones) is 1. The molecule has 384 valence electrons. The van der Waals surface area contributed by atoms with Crippen molar-refractivity contribution >= 4 is 62.2 Å². The van der Waals surface area contributed by atoms with Crippen molar-refractivity contribution in [3.63, 3.8) is 0 Å². The summed E-state index contributed by atoms with van der Waals surface area (Å²) in [5.41, 5.74) is 8.93. The molecule has 1 aliphatic carbocycles. The molecule has 1 aromatic carbocycles. The number of benzene rings is 1. The lowest BCUT2D eigenvalue weighted by Gasteiger charge is -2.42. The van der Waals surface area contributed by atoms with E-state index in [2.05, 4.69) is 73.8 Å². The Morgan fingerprint density at radius 1 is 1.13 bits per heavy atom. The maximum atomic E-state index is 14.9. The van der Waals surface area contributed by atoms with Crippen LogP contribution in [0.25, 0.3) is 33.4 Å². The SMILES string of the molecule is C=CC(=O)N(C)C1(C)C[C@@H](C)[C@@H](N(C)C(=O)N(C)[C@H](C(=O)N[C@H]2Cc3nc(cs3)-c3ccc4c(c3)c(c(-c3cccnc3[C@H](C)OC)n4CC)CC(C)(C)COC(=O)[C@@]3([SiH3])CCCN(N3)C2=O)C(C)C)C1. The Labute approximate surface area is 426 Å². The number of carbonyl (C=O) groups excluding carboxylic acids is 5. The van der Waals surface area contributed by atoms with Gasteiger partial charge < -0.3 is 34.1 Å². The maximum Gasteiger partial charge on any atom is 0.323 e. The number of urea groups is 1. The second kappa shape index (κ2) is 21.0. The molecule has 71 heavy (non-hydrogen) atoms. The number of ether oxygens (including phenoxy) is 2. The Bertz CT molecular complexity index is 2690. The molecule has 7 atom stereocenters. The number of fused-ring (bicyclic) bond motifs is 6. The van der Waals surface area contributed by atoms with Gasteiger partial charge in [-0.1, -0.05) is 47.3 Å². The minimum absolute atomic E-state index is 0.0696. The van der Waals surface area contributed by atoms with Crippen molar-refractivity contribution in [3.8, 4) is 22.5 Å². The van der Waals surface area contributed by atoms with Gasteiger partial charge in [0.05, 0.1) is 34.8 Å². The summed E-state index contributed by atoms with van der Waals surface area (Å²) in [5.74, 6) is -1.75. The fourth-order valence-corrected chi connectivity index (χ4v) is 12.9. The molecule has 4 aromatic rings. The molecular weight excluding hydrogens is 935 g/mol. The number of carbonyl (C=O) groups is 5. The van der Waals surface area contributed by atoms with Gasteiger partial charge in [0, 0.05) is 109 Å². The van der Waals surface area contributed by atoms with Crippen molar-refractivity contribution in [2.24, 2.45) is 17.3 Å². The first-order valence-electron chi connectivity index (χ1n) is 25.0. The molecule has 2 aliphatic heterocycles. The van der Waals surface area contributed by atoms with Crippen LogP contribution in [-0.4, -0.2) is 144 Å². The normalized spacial score (nSPS) is 24.5. The van der Waals surface area contributed by atoms with Gasteiger partial charge in [-0.15, -0.1) is 11.3 Å². The van der Waals surface area contributed by atoms with Crippen LogP contribution in [0, 0.1) is 17.3 Å². The quantitative estimate of drug-likeness (QED) is 0.102. The van der Waals surface area contributed by atoms with Crippen molar-refractivity contribution in [3.05, 3.63) is 70.8 Å². The summed E-state index contributed by atoms with van der Waals surface area (Å²) in [6, 6.07) is 7.86. The number of aromatic nitrogens is 3. The molecule has 5 heterocycles. The van der Waals surface area contributed by atoms with E-state index in [1.165, 1.54) is 27.3 Å². The molecule has 16 nitrogen and oxygen atoms in total. The third-order valence-corrected chi connectivity index (χ3v) is 17.4. The first kappa shape index (κ1) is 53.4. The number of esters is 1. The fourth-order valence-electron chi connectivity index (χ4n) is 11.3. The molecule has 3 aliphatic rings. The number of amides is 5. The summed E-state index contributed by atoms with van der Waals surface area (Å²) < 4.78 is 14.4. The van der Waals surface area contributed by atoms with Gasteiger partial charge in [0.2, 0.25) is 11.8 Å². The zero-order valence-corrected chi connectivity index (χ0v) is 46.9. The van der Waals surface area contributed by atoms with Gasteiger partial charge >= 0.3 is 12.0 Å². The van der Waals surface area contributed by atoms with Crippen LogP contribution in [0.15, 0.2) is 54.6 Å². The first-order valence-corrected chi connectivity index (χ1v) is 26.9. The number of nitrogens with one attached hydrogen (secondary N) is 2. The lowest BCUT2D eigenvalue weighted by Crippen LogP contribution is -2.67. The van der Waals surface area contributed by atoms with Gasteiger partial charge in [-0.3, -0.25) is 29.2 Å². The summed E-state index contributed by atoms with van der Waals surface area (Å²) in [6.45, 7) is 21.0. The third-order valence-electron chi connectivity index (χ3n) is 15.4. The Morgan fingerprint density at radius 2 is 1.86 bits per heavy atom. The Kier molecular flexibility index (Phi) is 15.8. The molecule has 3 aromatic heterocycles. The van der Waals surface area contributed by atoms with Crippen LogP contribution in [0.5, 0.6) is 0 Å². The molecule has 5 amide bonds. The predicted octanol–water partition coefficient (Wildman–Crippen LogP) is 6.11. The standard InChI is InChI=1S/C53H75N9O7SSi/c1-14-43(63)60(12)52(9)26-32(5)41(28-52)58(10)50(67)59(11)45(31(3)4)47(64)56-38-25-42-55-39(29-70-42)34-19-20-40-36(24-34)37(46(61(40)15-2)35-18-16-22-54-44(35)33(6)68-13)27-51(7,8)30-69-49(66)53(71)21-17-23-62(57-53)48(38)65/h14,16,18-20,22,24,29,31-33,38,41,45,57H,1,15,17,21,23,25-28,30H2,2-13,71H3,(H,56,64)/t32-,33+,38+,41+,45+,52?,53+/m1/s1. The van der Waals surface area contributed by atoms with E-state index in [1.54, 1.807) is 44.2 Å². The summed E-state index contributed by atoms with van der Waals surface area (Å²) in [6.07, 6.45) is 5.78. The Morgan fingerprint density at radius 3 is 2.54 bits per heavy atom. The largest absolute Gasteiger partial charge is 0.464 e. The number of pyridine rings is 1. The van der Waals surface area contributed by atoms with E-state index < -0.39 is 46.0 Å². The van der Waals surface area contributed by atoms with Crippen LogP contribution in [0.3, 0.4) is 0 Å². The summed E-state index contributed by atoms with van der Waals surface area (Å²) in [4.78, 5) is 85.9. The maximum absolute atomic E-state index is 14.9. The molecule has 1 saturated heterocycles. The molecule has 1 unspecified atom stereocenters. The zero-order chi connectivity index (χ0) is 51.9. The average Bonchev–Trinajstić information content (AvgIpc) is 4.03. The monoisotopic (exact) mass is 1010 g/mol. The van der Waals surface area contributed by atoms with Crippen molar-refractivity contribution in [1.29, 1.82) is 0 Å². The van der Waals surface area contributed by atoms with Gasteiger partial charge in [0.25, 0.3) is 5.91 Å². The van der Waals surface area contributed by atoms with E-state index in [4.69, 9.17) is 19.4 Å². The zero-order valence-electron chi connectivity index (χ0n) is 44.1. The van der Waals surface area contributed by atoms with E-state index in [-0.39, 0.29) is 48.9 Å². The Balaban J connectivity index is 1.25. The van der Waals surface area contributed by atoms with E-state index in [9.17, 15) is 24.0 Å². The van der Waals surface area contributed by atoms with E-state index in [0.717, 1.165) is 44.7 Å². The highest BCUT2D eigenvalue weighted by Gasteiger charge is 2.48. The molecule has 1 saturated carbocycles. The topological polar surface area (TPSA) is 172 Å². The molecule has 6 bridgehead atoms. The van der Waals surface area contributed by atoms with E-state index in [1.807, 2.05) is 39.1 Å². The van der Waals surface area contributed by atoms with Crippen molar-refractivity contribution in [2.75, 3.05) is 41.4 Å². The first-order chi connectivity index (χ1) is 33.5. The van der Waals surface area contributed by atoms with Gasteiger partial charge in [0.1, 0.15) is 17.2 Å². The number of hydrogen-bond acceptors (Lipinski definition) is 11. The Hall–Kier alpha value is -5.43. The van der Waals surface area contributed by atoms with Crippen LogP contribution in [-0.2, 0) is 48.0 Å². The number of hydrogen-bond donors (Lipinski definition) is 2. The molecule has 7 rings (SSSR count). The highest BCUT2D eigenvalue weighted by atomic mass is 32.1. The number of hydrazine groups is 1. The second-order valence-electron chi connectivity index (χ2n) is 21.7. The van der Waals surface area contributed by atoms with Crippen molar-refractivity contribution < 1.29 is 33.4 Å². The average molecular weight is 1010 g/mol. The minimum atomic E-state index is -1.10. The number of methoxy groups -OCH3 is 1. The molecule has 0 spiro atoms. The number of aryl methyl sites for hydroxylation is 1. The highest BCUT2D eigenvalue weighted by molar-refractivity contribution is 7.10. The van der Waals surface area contributed by atoms with Crippen molar-refractivity contribution in [1.82, 2.24) is 45.0 Å². The molecular formula is C53H75N9O7SSi. The summed E-state index contributed by atoms with van der Waals surface area (Å²) in [7, 11) is 7.17. The van der Waals surface area contributed by atoms with Crippen LogP contribution in [0.1, 0.15) is 103 Å². The van der Waals surface area contributed by atoms with E-state index >= 15 is 0 Å². The van der Waals surface area contributed by atoms with Crippen molar-refractivity contribution in [2.45, 2.75) is 135 Å². The number of thiazole rings is 1. The molecule has 2 fully saturated rings. The third kappa shape index (κ3) is 10.6. The number of nitrogens with zero attached hydrogens (tertiary/aromatic N) is 7. The lowest BCUT2D eigenvalue weighted by molar-refractivity contribution is -0.158. The van der Waals surface area contributed by atoms with Gasteiger partial charge in [0.15, 0.2) is 0 Å². The summed E-state index contributed by atoms with van der Waals surface area (Å²) >= 11 is 1.42. The van der Waals surface area contributed by atoms with Gasteiger partial charge in [-0.25, -0.2) is 15.2 Å². The molecule has 18 heteroatoms. The second-order valence-corrected chi connectivity index (χ2v) is 24.4.